The number of nitrogens with one attached hydrogen (secondary N) is 2. The van der Waals surface area contributed by atoms with Crippen molar-refractivity contribution in [2.75, 3.05) is 53.0 Å². The van der Waals surface area contributed by atoms with Crippen molar-refractivity contribution in [3.63, 3.8) is 0 Å². The molecule has 1 aromatic carbocycles. The van der Waals surface area contributed by atoms with E-state index >= 15 is 0 Å². The van der Waals surface area contributed by atoms with Crippen LogP contribution in [0.4, 0.5) is 0 Å². The van der Waals surface area contributed by atoms with E-state index in [1.165, 1.54) is 0 Å². The van der Waals surface area contributed by atoms with Crippen LogP contribution in [0.3, 0.4) is 0 Å². The van der Waals surface area contributed by atoms with Crippen LogP contribution in [0.5, 0.6) is 0 Å². The molecule has 3 amide bonds. The van der Waals surface area contributed by atoms with E-state index in [9.17, 15) is 14.4 Å². The molecule has 0 saturated carbocycles. The molecule has 1 atom stereocenters. The van der Waals surface area contributed by atoms with Crippen molar-refractivity contribution in [2.24, 2.45) is 11.3 Å². The van der Waals surface area contributed by atoms with Gasteiger partial charge in [0.25, 0.3) is 11.8 Å². The van der Waals surface area contributed by atoms with Crippen LogP contribution in [0, 0.1) is 11.3 Å². The third-order valence-corrected chi connectivity index (χ3v) is 7.85. The molecule has 33 heavy (non-hydrogen) atoms. The molecule has 0 aliphatic carbocycles. The second-order valence-corrected chi connectivity index (χ2v) is 10.4. The van der Waals surface area contributed by atoms with Gasteiger partial charge in [0.05, 0.1) is 0 Å². The fourth-order valence-corrected chi connectivity index (χ4v) is 6.00. The molecule has 1 spiro atoms. The molecule has 3 fully saturated rings. The molecule has 1 unspecified atom stereocenters. The molecular formula is C25H34N4O4. The number of hydrogen-bond donors (Lipinski definition) is 2. The first kappa shape index (κ1) is 22.3. The van der Waals surface area contributed by atoms with Crippen molar-refractivity contribution in [1.82, 2.24) is 20.4 Å². The number of carbonyl (C=O) groups excluding carboxylic acids is 3. The Kier molecular flexibility index (Phi) is 6.14. The van der Waals surface area contributed by atoms with E-state index < -0.39 is 0 Å². The minimum absolute atomic E-state index is 0.00739. The highest BCUT2D eigenvalue weighted by atomic mass is 16.5. The van der Waals surface area contributed by atoms with Gasteiger partial charge in [0.1, 0.15) is 0 Å². The second-order valence-electron chi connectivity index (χ2n) is 10.4. The largest absolute Gasteiger partial charge is 0.381 e. The molecular weight excluding hydrogens is 420 g/mol. The standard InChI is InChI=1S/C25H34N4O4/c1-28-14-17(15-28)10-22(30)27-13-20-12-25(5-8-33-9-6-25)16-29(20)24(32)19-2-3-21-18(11-19)4-7-26-23(21)31/h2-3,11,17,20H,4-10,12-16H2,1H3,(H,26,31)(H,27,30). The highest BCUT2D eigenvalue weighted by Crippen LogP contribution is 2.43. The van der Waals surface area contributed by atoms with E-state index in [1.54, 1.807) is 12.1 Å². The lowest BCUT2D eigenvalue weighted by Crippen LogP contribution is -2.47. The van der Waals surface area contributed by atoms with Crippen LogP contribution >= 0.6 is 0 Å². The van der Waals surface area contributed by atoms with Crippen LogP contribution in [-0.2, 0) is 16.0 Å². The van der Waals surface area contributed by atoms with Gasteiger partial charge in [-0.25, -0.2) is 0 Å². The Labute approximate surface area is 195 Å². The number of benzene rings is 1. The zero-order valence-electron chi connectivity index (χ0n) is 19.4. The average molecular weight is 455 g/mol. The Bertz CT molecular complexity index is 936. The highest BCUT2D eigenvalue weighted by molar-refractivity contribution is 6.00. The molecule has 3 saturated heterocycles. The van der Waals surface area contributed by atoms with Gasteiger partial charge >= 0.3 is 0 Å². The lowest BCUT2D eigenvalue weighted by molar-refractivity contribution is -0.123. The maximum absolute atomic E-state index is 13.6. The summed E-state index contributed by atoms with van der Waals surface area (Å²) in [4.78, 5) is 42.4. The molecule has 8 nitrogen and oxygen atoms in total. The predicted molar refractivity (Wildman–Crippen MR) is 123 cm³/mol. The summed E-state index contributed by atoms with van der Waals surface area (Å²) < 4.78 is 5.60. The molecule has 1 aromatic rings. The molecule has 4 heterocycles. The topological polar surface area (TPSA) is 91.0 Å². The third kappa shape index (κ3) is 4.64. The van der Waals surface area contributed by atoms with Gasteiger partial charge in [-0.15, -0.1) is 0 Å². The second kappa shape index (κ2) is 9.06. The molecule has 5 rings (SSSR count). The number of hydrogen-bond acceptors (Lipinski definition) is 5. The molecule has 178 valence electrons. The van der Waals surface area contributed by atoms with Crippen LogP contribution in [0.15, 0.2) is 18.2 Å². The fourth-order valence-electron chi connectivity index (χ4n) is 6.00. The summed E-state index contributed by atoms with van der Waals surface area (Å²) >= 11 is 0. The number of fused-ring (bicyclic) bond motifs is 1. The van der Waals surface area contributed by atoms with Crippen molar-refractivity contribution >= 4 is 17.7 Å². The summed E-state index contributed by atoms with van der Waals surface area (Å²) in [6.45, 7) is 5.18. The predicted octanol–water partition coefficient (Wildman–Crippen LogP) is 1.05. The van der Waals surface area contributed by atoms with Crippen LogP contribution in [0.2, 0.25) is 0 Å². The summed E-state index contributed by atoms with van der Waals surface area (Å²) in [5, 5.41) is 5.97. The van der Waals surface area contributed by atoms with Crippen LogP contribution in [0.1, 0.15) is 52.0 Å². The minimum Gasteiger partial charge on any atom is -0.381 e. The Morgan fingerprint density at radius 1 is 1.24 bits per heavy atom. The summed E-state index contributed by atoms with van der Waals surface area (Å²) in [5.74, 6) is 0.432. The quantitative estimate of drug-likeness (QED) is 0.694. The summed E-state index contributed by atoms with van der Waals surface area (Å²) in [5.41, 5.74) is 2.28. The maximum Gasteiger partial charge on any atom is 0.254 e. The summed E-state index contributed by atoms with van der Waals surface area (Å²) in [6.07, 6.45) is 4.07. The van der Waals surface area contributed by atoms with Crippen LogP contribution in [-0.4, -0.2) is 86.5 Å². The zero-order chi connectivity index (χ0) is 23.0. The first-order chi connectivity index (χ1) is 15.9. The molecule has 0 bridgehead atoms. The SMILES string of the molecule is CN1CC(CC(=O)NCC2CC3(CCOCC3)CN2C(=O)c2ccc3c(c2)CCNC3=O)C1. The number of rotatable bonds is 5. The molecule has 4 aliphatic heterocycles. The Balaban J connectivity index is 1.30. The summed E-state index contributed by atoms with van der Waals surface area (Å²) in [7, 11) is 2.07. The van der Waals surface area contributed by atoms with Gasteiger partial charge < -0.3 is 25.2 Å². The lowest BCUT2D eigenvalue weighted by Gasteiger charge is -2.35. The molecule has 0 radical (unpaired) electrons. The Morgan fingerprint density at radius 3 is 2.79 bits per heavy atom. The van der Waals surface area contributed by atoms with Crippen molar-refractivity contribution in [1.29, 1.82) is 0 Å². The minimum atomic E-state index is -0.0733. The lowest BCUT2D eigenvalue weighted by atomic mass is 9.78. The van der Waals surface area contributed by atoms with E-state index in [0.29, 0.717) is 43.1 Å². The Morgan fingerprint density at radius 2 is 2.03 bits per heavy atom. The monoisotopic (exact) mass is 454 g/mol. The van der Waals surface area contributed by atoms with E-state index in [-0.39, 0.29) is 29.2 Å². The summed E-state index contributed by atoms with van der Waals surface area (Å²) in [6, 6.07) is 5.39. The van der Waals surface area contributed by atoms with Gasteiger partial charge in [-0.2, -0.15) is 0 Å². The average Bonchev–Trinajstić information content (AvgIpc) is 3.14. The first-order valence-corrected chi connectivity index (χ1v) is 12.2. The highest BCUT2D eigenvalue weighted by Gasteiger charge is 2.46. The Hall–Kier alpha value is -2.45. The van der Waals surface area contributed by atoms with Crippen molar-refractivity contribution < 1.29 is 19.1 Å². The molecule has 8 heteroatoms. The van der Waals surface area contributed by atoms with Gasteiger partial charge in [-0.1, -0.05) is 0 Å². The van der Waals surface area contributed by atoms with Gasteiger partial charge in [0.2, 0.25) is 5.91 Å². The fraction of sp³-hybridized carbons (Fsp3) is 0.640. The van der Waals surface area contributed by atoms with Gasteiger partial charge in [-0.3, -0.25) is 14.4 Å². The van der Waals surface area contributed by atoms with Crippen molar-refractivity contribution in [3.05, 3.63) is 34.9 Å². The smallest absolute Gasteiger partial charge is 0.254 e. The van der Waals surface area contributed by atoms with Gasteiger partial charge in [0.15, 0.2) is 0 Å². The molecule has 0 aromatic heterocycles. The number of nitrogens with zero attached hydrogens (tertiary/aromatic N) is 2. The van der Waals surface area contributed by atoms with Gasteiger partial charge in [0, 0.05) is 69.5 Å². The maximum atomic E-state index is 13.6. The van der Waals surface area contributed by atoms with E-state index in [1.807, 2.05) is 11.0 Å². The van der Waals surface area contributed by atoms with E-state index in [4.69, 9.17) is 4.74 Å². The first-order valence-electron chi connectivity index (χ1n) is 12.2. The van der Waals surface area contributed by atoms with Gasteiger partial charge in [-0.05, 0) is 67.8 Å². The number of ether oxygens (including phenoxy) is 1. The number of carbonyl (C=O) groups is 3. The molecule has 2 N–H and O–H groups in total. The van der Waals surface area contributed by atoms with E-state index in [0.717, 1.165) is 57.6 Å². The molecule has 4 aliphatic rings. The van der Waals surface area contributed by atoms with E-state index in [2.05, 4.69) is 22.6 Å². The van der Waals surface area contributed by atoms with Crippen molar-refractivity contribution in [3.8, 4) is 0 Å². The van der Waals surface area contributed by atoms with Crippen LogP contribution in [0.25, 0.3) is 0 Å². The van der Waals surface area contributed by atoms with Crippen molar-refractivity contribution in [2.45, 2.75) is 38.1 Å². The number of likely N-dealkylation sites (tertiary alicyclic amines) is 2. The normalized spacial score (nSPS) is 24.8. The number of amides is 3. The third-order valence-electron chi connectivity index (χ3n) is 7.85. The van der Waals surface area contributed by atoms with Crippen LogP contribution < -0.4 is 10.6 Å². The zero-order valence-corrected chi connectivity index (χ0v) is 19.4.